The minimum absolute atomic E-state index is 0.0229. The Bertz CT molecular complexity index is 1280. The van der Waals surface area contributed by atoms with Gasteiger partial charge in [0.25, 0.3) is 11.8 Å². The van der Waals surface area contributed by atoms with E-state index in [1.807, 2.05) is 49.1 Å². The fourth-order valence-electron chi connectivity index (χ4n) is 5.80. The number of carbonyl (C=O) groups excluding carboxylic acids is 2. The number of amides is 2. The van der Waals surface area contributed by atoms with Gasteiger partial charge in [-0.1, -0.05) is 30.3 Å². The van der Waals surface area contributed by atoms with Crippen molar-refractivity contribution in [3.8, 4) is 0 Å². The maximum absolute atomic E-state index is 13.3. The molecule has 0 radical (unpaired) electrons. The second-order valence-electron chi connectivity index (χ2n) is 10.4. The van der Waals surface area contributed by atoms with Crippen LogP contribution in [0.2, 0.25) is 0 Å². The summed E-state index contributed by atoms with van der Waals surface area (Å²) in [6.07, 6.45) is 2.29. The summed E-state index contributed by atoms with van der Waals surface area (Å²) in [4.78, 5) is 32.4. The van der Waals surface area contributed by atoms with E-state index in [2.05, 4.69) is 22.3 Å². The largest absolute Gasteiger partial charge is 0.618 e. The molecule has 0 saturated carbocycles. The molecule has 2 unspecified atom stereocenters. The predicted molar refractivity (Wildman–Crippen MR) is 145 cm³/mol. The summed E-state index contributed by atoms with van der Waals surface area (Å²) < 4.78 is 0.778. The van der Waals surface area contributed by atoms with Crippen molar-refractivity contribution in [1.29, 1.82) is 0 Å². The highest BCUT2D eigenvalue weighted by atomic mass is 32.1. The van der Waals surface area contributed by atoms with Gasteiger partial charge in [0.05, 0.1) is 10.9 Å². The number of benzene rings is 1. The first-order chi connectivity index (χ1) is 17.8. The molecule has 3 atom stereocenters. The molecule has 8 heteroatoms. The predicted octanol–water partition coefficient (Wildman–Crippen LogP) is 3.87. The number of hydrogen-bond acceptors (Lipinski definition) is 5. The first-order valence-corrected chi connectivity index (χ1v) is 13.7. The molecule has 2 aliphatic heterocycles. The maximum atomic E-state index is 13.3. The van der Waals surface area contributed by atoms with E-state index in [0.29, 0.717) is 23.1 Å². The molecule has 1 N–H and O–H groups in total. The van der Waals surface area contributed by atoms with Crippen LogP contribution in [0.1, 0.15) is 54.2 Å². The van der Waals surface area contributed by atoms with E-state index in [4.69, 9.17) is 0 Å². The number of aromatic nitrogens is 1. The van der Waals surface area contributed by atoms with E-state index in [1.54, 1.807) is 13.0 Å². The molecule has 5 rings (SSSR count). The number of likely N-dealkylation sites (tertiary alicyclic amines) is 2. The Labute approximate surface area is 222 Å². The molecule has 1 aromatic carbocycles. The van der Waals surface area contributed by atoms with Crippen LogP contribution >= 0.6 is 11.3 Å². The Balaban J connectivity index is 1.19. The summed E-state index contributed by atoms with van der Waals surface area (Å²) in [7, 11) is 0. The normalized spacial score (nSPS) is 20.1. The number of pyridine rings is 1. The van der Waals surface area contributed by atoms with E-state index < -0.39 is 0 Å². The lowest BCUT2D eigenvalue weighted by Gasteiger charge is -2.25. The van der Waals surface area contributed by atoms with E-state index in [9.17, 15) is 14.8 Å². The molecule has 7 nitrogen and oxygen atoms in total. The van der Waals surface area contributed by atoms with Crippen molar-refractivity contribution >= 4 is 23.2 Å². The van der Waals surface area contributed by atoms with E-state index in [0.717, 1.165) is 64.8 Å². The minimum Gasteiger partial charge on any atom is -0.618 e. The number of rotatable bonds is 7. The van der Waals surface area contributed by atoms with Crippen molar-refractivity contribution in [3.63, 3.8) is 0 Å². The average molecular weight is 519 g/mol. The van der Waals surface area contributed by atoms with Crippen LogP contribution in [0.3, 0.4) is 0 Å². The van der Waals surface area contributed by atoms with Gasteiger partial charge in [-0.3, -0.25) is 9.59 Å². The Morgan fingerprint density at radius 1 is 1.03 bits per heavy atom. The number of hydrogen-bond donors (Lipinski definition) is 1. The highest BCUT2D eigenvalue weighted by Crippen LogP contribution is 2.33. The van der Waals surface area contributed by atoms with Crippen molar-refractivity contribution in [1.82, 2.24) is 15.1 Å². The topological polar surface area (TPSA) is 79.6 Å². The quantitative estimate of drug-likeness (QED) is 0.380. The van der Waals surface area contributed by atoms with Crippen LogP contribution in [0, 0.1) is 37.8 Å². The highest BCUT2D eigenvalue weighted by molar-refractivity contribution is 7.13. The number of fused-ring (bicyclic) bond motifs is 1. The molecule has 4 heterocycles. The third-order valence-corrected chi connectivity index (χ3v) is 8.81. The van der Waals surface area contributed by atoms with E-state index in [1.165, 1.54) is 17.5 Å². The molecular weight excluding hydrogens is 484 g/mol. The van der Waals surface area contributed by atoms with Gasteiger partial charge in [0.1, 0.15) is 5.56 Å². The van der Waals surface area contributed by atoms with Crippen LogP contribution in [0.25, 0.3) is 0 Å². The van der Waals surface area contributed by atoms with Crippen LogP contribution in [-0.4, -0.2) is 54.3 Å². The molecule has 2 aromatic heterocycles. The first-order valence-electron chi connectivity index (χ1n) is 12.9. The molecule has 0 spiro atoms. The van der Waals surface area contributed by atoms with Crippen molar-refractivity contribution in [2.24, 2.45) is 11.8 Å². The zero-order chi connectivity index (χ0) is 26.1. The lowest BCUT2D eigenvalue weighted by molar-refractivity contribution is -0.612. The lowest BCUT2D eigenvalue weighted by Crippen LogP contribution is -2.38. The van der Waals surface area contributed by atoms with Gasteiger partial charge in [0.2, 0.25) is 5.69 Å². The summed E-state index contributed by atoms with van der Waals surface area (Å²) >= 11 is 1.52. The minimum atomic E-state index is -0.0579. The molecule has 2 aliphatic rings. The standard InChI is InChI=1S/C29H34N4O3S/c1-19-11-14-33(36)21(3)27(19)29(35)32-17-23-15-31(16-24(23)18-32)13-12-25(22-7-5-4-6-8-22)30-28(34)26-10-9-20(2)37-26/h4-11,14,23-25H,12-13,15-18H2,1-3H3,(H,30,34)/t23-,24?,25?/m0/s1. The monoisotopic (exact) mass is 518 g/mol. The van der Waals surface area contributed by atoms with Crippen LogP contribution < -0.4 is 10.0 Å². The Morgan fingerprint density at radius 3 is 2.38 bits per heavy atom. The second-order valence-corrected chi connectivity index (χ2v) is 11.7. The van der Waals surface area contributed by atoms with Gasteiger partial charge < -0.3 is 20.3 Å². The molecule has 0 aliphatic carbocycles. The average Bonchev–Trinajstić information content (AvgIpc) is 3.59. The molecule has 194 valence electrons. The van der Waals surface area contributed by atoms with Gasteiger partial charge in [-0.2, -0.15) is 4.73 Å². The fraction of sp³-hybridized carbons (Fsp3) is 0.414. The summed E-state index contributed by atoms with van der Waals surface area (Å²) in [6, 6.07) is 15.7. The molecule has 2 fully saturated rings. The number of thiophene rings is 1. The van der Waals surface area contributed by atoms with Gasteiger partial charge in [0, 0.05) is 50.6 Å². The van der Waals surface area contributed by atoms with E-state index >= 15 is 0 Å². The summed E-state index contributed by atoms with van der Waals surface area (Å²) in [5.74, 6) is 0.820. The second kappa shape index (κ2) is 10.6. The molecule has 2 amide bonds. The van der Waals surface area contributed by atoms with Crippen molar-refractivity contribution in [2.75, 3.05) is 32.7 Å². The van der Waals surface area contributed by atoms with E-state index in [-0.39, 0.29) is 17.9 Å². The van der Waals surface area contributed by atoms with Gasteiger partial charge in [-0.05, 0) is 55.4 Å². The third kappa shape index (κ3) is 5.40. The zero-order valence-corrected chi connectivity index (χ0v) is 22.5. The Morgan fingerprint density at radius 2 is 1.73 bits per heavy atom. The number of nitrogens with one attached hydrogen (secondary N) is 1. The van der Waals surface area contributed by atoms with Gasteiger partial charge in [-0.15, -0.1) is 11.3 Å². The zero-order valence-electron chi connectivity index (χ0n) is 21.6. The van der Waals surface area contributed by atoms with Gasteiger partial charge in [-0.25, -0.2) is 0 Å². The summed E-state index contributed by atoms with van der Waals surface area (Å²) in [5.41, 5.74) is 2.97. The molecule has 3 aromatic rings. The Hall–Kier alpha value is -3.23. The SMILES string of the molecule is Cc1ccc(C(=O)NC(CCN2CC3CN(C(=O)c4c(C)cc[n+]([O-])c4C)C[C@@H]3C2)c2ccccc2)s1. The molecular formula is C29H34N4O3S. The molecule has 0 bridgehead atoms. The van der Waals surface area contributed by atoms with Crippen molar-refractivity contribution in [3.05, 3.63) is 92.1 Å². The third-order valence-electron chi connectivity index (χ3n) is 7.82. The lowest BCUT2D eigenvalue weighted by atomic mass is 10.0. The summed E-state index contributed by atoms with van der Waals surface area (Å²) in [5, 5.41) is 15.3. The number of carbonyl (C=O) groups is 2. The van der Waals surface area contributed by atoms with Crippen LogP contribution in [0.5, 0.6) is 0 Å². The van der Waals surface area contributed by atoms with Crippen molar-refractivity contribution in [2.45, 2.75) is 33.2 Å². The highest BCUT2D eigenvalue weighted by Gasteiger charge is 2.42. The molecule has 2 saturated heterocycles. The smallest absolute Gasteiger partial charge is 0.261 e. The van der Waals surface area contributed by atoms with Crippen molar-refractivity contribution < 1.29 is 14.3 Å². The van der Waals surface area contributed by atoms with Gasteiger partial charge in [0.15, 0.2) is 6.20 Å². The number of aryl methyl sites for hydroxylation is 2. The summed E-state index contributed by atoms with van der Waals surface area (Å²) in [6.45, 7) is 9.85. The van der Waals surface area contributed by atoms with Crippen LogP contribution in [-0.2, 0) is 0 Å². The maximum Gasteiger partial charge on any atom is 0.261 e. The van der Waals surface area contributed by atoms with Crippen LogP contribution in [0.4, 0.5) is 0 Å². The molecule has 37 heavy (non-hydrogen) atoms. The fourth-order valence-corrected chi connectivity index (χ4v) is 6.57. The van der Waals surface area contributed by atoms with Gasteiger partial charge >= 0.3 is 0 Å². The van der Waals surface area contributed by atoms with Crippen LogP contribution in [0.15, 0.2) is 54.7 Å². The number of nitrogens with zero attached hydrogens (tertiary/aromatic N) is 3. The Kier molecular flexibility index (Phi) is 7.31. The first kappa shape index (κ1) is 25.4.